The number of carbonyl (C=O) groups excluding carboxylic acids is 2. The lowest BCUT2D eigenvalue weighted by Gasteiger charge is -2.07. The summed E-state index contributed by atoms with van der Waals surface area (Å²) in [6.07, 6.45) is -1.66. The third-order valence-corrected chi connectivity index (χ3v) is 4.14. The quantitative estimate of drug-likeness (QED) is 0.757. The number of pyridine rings is 1. The van der Waals surface area contributed by atoms with Crippen LogP contribution >= 0.6 is 0 Å². The van der Waals surface area contributed by atoms with Crippen molar-refractivity contribution < 1.29 is 22.8 Å². The van der Waals surface area contributed by atoms with E-state index in [1.54, 1.807) is 10.8 Å². The Hall–Kier alpha value is -3.16. The zero-order valence-corrected chi connectivity index (χ0v) is 14.4. The third-order valence-electron chi connectivity index (χ3n) is 4.14. The normalized spacial score (nSPS) is 11.6. The number of aromatic nitrogens is 2. The van der Waals surface area contributed by atoms with Crippen molar-refractivity contribution in [2.45, 2.75) is 19.5 Å². The van der Waals surface area contributed by atoms with E-state index in [4.69, 9.17) is 0 Å². The molecule has 0 radical (unpaired) electrons. The summed E-state index contributed by atoms with van der Waals surface area (Å²) in [4.78, 5) is 27.4. The molecule has 0 atom stereocenters. The molecular formula is C19H16F3N3O2. The van der Waals surface area contributed by atoms with E-state index in [9.17, 15) is 22.8 Å². The largest absolute Gasteiger partial charge is 0.417 e. The first-order valence-electron chi connectivity index (χ1n) is 8.18. The predicted octanol–water partition coefficient (Wildman–Crippen LogP) is 3.69. The number of nitrogens with zero attached hydrogens (tertiary/aromatic N) is 2. The first-order chi connectivity index (χ1) is 12.8. The Labute approximate surface area is 152 Å². The van der Waals surface area contributed by atoms with Gasteiger partial charge in [-0.3, -0.25) is 19.1 Å². The lowest BCUT2D eigenvalue weighted by Crippen LogP contribution is -2.26. The van der Waals surface area contributed by atoms with E-state index >= 15 is 0 Å². The van der Waals surface area contributed by atoms with Crippen LogP contribution in [0.5, 0.6) is 0 Å². The maximum absolute atomic E-state index is 12.5. The van der Waals surface area contributed by atoms with Crippen LogP contribution < -0.4 is 5.32 Å². The monoisotopic (exact) mass is 375 g/mol. The van der Waals surface area contributed by atoms with E-state index in [2.05, 4.69) is 10.3 Å². The summed E-state index contributed by atoms with van der Waals surface area (Å²) in [5, 5.41) is 3.54. The first kappa shape index (κ1) is 18.6. The van der Waals surface area contributed by atoms with E-state index in [0.29, 0.717) is 12.6 Å². The molecule has 0 aliphatic rings. The molecule has 5 nitrogen and oxygen atoms in total. The number of hydrogen-bond acceptors (Lipinski definition) is 3. The second-order valence-electron chi connectivity index (χ2n) is 6.00. The van der Waals surface area contributed by atoms with Crippen LogP contribution in [0.4, 0.5) is 13.2 Å². The lowest BCUT2D eigenvalue weighted by molar-refractivity contribution is -0.137. The number of alkyl halides is 3. The number of nitrogens with one attached hydrogen (secondary N) is 1. The number of hydrogen-bond donors (Lipinski definition) is 1. The second kappa shape index (κ2) is 7.22. The zero-order chi connectivity index (χ0) is 19.6. The molecular weight excluding hydrogens is 359 g/mol. The van der Waals surface area contributed by atoms with Crippen molar-refractivity contribution in [3.8, 4) is 0 Å². The van der Waals surface area contributed by atoms with Gasteiger partial charge in [-0.25, -0.2) is 0 Å². The van der Waals surface area contributed by atoms with E-state index < -0.39 is 17.6 Å². The van der Waals surface area contributed by atoms with E-state index in [1.807, 2.05) is 24.3 Å². The highest BCUT2D eigenvalue weighted by atomic mass is 19.4. The van der Waals surface area contributed by atoms with Crippen LogP contribution in [-0.2, 0) is 12.6 Å². The maximum atomic E-state index is 12.5. The van der Waals surface area contributed by atoms with Crippen molar-refractivity contribution in [3.63, 3.8) is 0 Å². The number of amides is 1. The van der Waals surface area contributed by atoms with Crippen LogP contribution in [0.1, 0.15) is 33.3 Å². The summed E-state index contributed by atoms with van der Waals surface area (Å²) in [5.41, 5.74) is 0.683. The summed E-state index contributed by atoms with van der Waals surface area (Å²) < 4.78 is 39.1. The molecule has 3 rings (SSSR count). The molecule has 2 aromatic heterocycles. The van der Waals surface area contributed by atoms with Gasteiger partial charge in [0.05, 0.1) is 11.1 Å². The standard InChI is InChI=1S/C19H16F3N3O2/c1-12(26)25-11-13(15-4-2-3-5-17(15)25)8-9-23-18(27)16-7-6-14(10-24-16)19(20,21)22/h2-7,10-11H,8-9H2,1H3,(H,23,27). The highest BCUT2D eigenvalue weighted by Gasteiger charge is 2.30. The lowest BCUT2D eigenvalue weighted by atomic mass is 10.1. The summed E-state index contributed by atoms with van der Waals surface area (Å²) in [7, 11) is 0. The molecule has 1 amide bonds. The number of fused-ring (bicyclic) bond motifs is 1. The number of carbonyl (C=O) groups is 2. The Balaban J connectivity index is 1.67. The SMILES string of the molecule is CC(=O)n1cc(CCNC(=O)c2ccc(C(F)(F)F)cn2)c2ccccc21. The molecule has 0 saturated carbocycles. The number of benzene rings is 1. The van der Waals surface area contributed by atoms with E-state index in [1.165, 1.54) is 6.92 Å². The Bertz CT molecular complexity index is 992. The van der Waals surface area contributed by atoms with Gasteiger partial charge in [-0.2, -0.15) is 13.2 Å². The minimum Gasteiger partial charge on any atom is -0.350 e. The van der Waals surface area contributed by atoms with Gasteiger partial charge in [-0.1, -0.05) is 18.2 Å². The smallest absolute Gasteiger partial charge is 0.350 e. The van der Waals surface area contributed by atoms with Gasteiger partial charge < -0.3 is 5.32 Å². The molecule has 27 heavy (non-hydrogen) atoms. The molecule has 0 aliphatic carbocycles. The number of halogens is 3. The Morgan fingerprint density at radius 2 is 1.89 bits per heavy atom. The fourth-order valence-corrected chi connectivity index (χ4v) is 2.81. The van der Waals surface area contributed by atoms with Crippen molar-refractivity contribution in [3.05, 3.63) is 65.6 Å². The number of rotatable bonds is 4. The van der Waals surface area contributed by atoms with E-state index in [-0.39, 0.29) is 18.1 Å². The highest BCUT2D eigenvalue weighted by molar-refractivity contribution is 5.94. The fourth-order valence-electron chi connectivity index (χ4n) is 2.81. The van der Waals surface area contributed by atoms with Gasteiger partial charge in [0.25, 0.3) is 5.91 Å². The molecule has 0 saturated heterocycles. The Kier molecular flexibility index (Phi) is 4.98. The molecule has 0 spiro atoms. The molecule has 8 heteroatoms. The van der Waals surface area contributed by atoms with Gasteiger partial charge in [0.1, 0.15) is 5.69 Å². The second-order valence-corrected chi connectivity index (χ2v) is 6.00. The van der Waals surface area contributed by atoms with Gasteiger partial charge in [-0.05, 0) is 30.2 Å². The fraction of sp³-hybridized carbons (Fsp3) is 0.211. The van der Waals surface area contributed by atoms with Crippen molar-refractivity contribution in [2.24, 2.45) is 0 Å². The molecule has 3 aromatic rings. The predicted molar refractivity (Wildman–Crippen MR) is 93.5 cm³/mol. The van der Waals surface area contributed by atoms with Gasteiger partial charge in [0.15, 0.2) is 0 Å². The molecule has 0 unspecified atom stereocenters. The van der Waals surface area contributed by atoms with Crippen molar-refractivity contribution in [1.82, 2.24) is 14.9 Å². The summed E-state index contributed by atoms with van der Waals surface area (Å²) >= 11 is 0. The molecule has 2 heterocycles. The van der Waals surface area contributed by atoms with Crippen LogP contribution in [0.2, 0.25) is 0 Å². The molecule has 140 valence electrons. The first-order valence-corrected chi connectivity index (χ1v) is 8.18. The molecule has 0 aliphatic heterocycles. The topological polar surface area (TPSA) is 64.0 Å². The van der Waals surface area contributed by atoms with Crippen molar-refractivity contribution >= 4 is 22.7 Å². The highest BCUT2D eigenvalue weighted by Crippen LogP contribution is 2.28. The van der Waals surface area contributed by atoms with Gasteiger partial charge in [0.2, 0.25) is 5.91 Å². The van der Waals surface area contributed by atoms with Crippen LogP contribution in [0.15, 0.2) is 48.8 Å². The van der Waals surface area contributed by atoms with Crippen LogP contribution in [-0.4, -0.2) is 27.9 Å². The summed E-state index contributed by atoms with van der Waals surface area (Å²) in [6.45, 7) is 1.72. The molecule has 1 aromatic carbocycles. The zero-order valence-electron chi connectivity index (χ0n) is 14.4. The Morgan fingerprint density at radius 1 is 1.15 bits per heavy atom. The maximum Gasteiger partial charge on any atom is 0.417 e. The van der Waals surface area contributed by atoms with E-state index in [0.717, 1.165) is 28.6 Å². The molecule has 0 fully saturated rings. The van der Waals surface area contributed by atoms with Crippen molar-refractivity contribution in [2.75, 3.05) is 6.54 Å². The minimum absolute atomic E-state index is 0.0887. The van der Waals surface area contributed by atoms with Gasteiger partial charge in [0, 0.05) is 31.2 Å². The molecule has 0 bridgehead atoms. The summed E-state index contributed by atoms with van der Waals surface area (Å²) in [5.74, 6) is -0.672. The van der Waals surface area contributed by atoms with Crippen molar-refractivity contribution in [1.29, 1.82) is 0 Å². The minimum atomic E-state index is -4.49. The van der Waals surface area contributed by atoms with Gasteiger partial charge >= 0.3 is 6.18 Å². The van der Waals surface area contributed by atoms with Gasteiger partial charge in [-0.15, -0.1) is 0 Å². The average molecular weight is 375 g/mol. The third kappa shape index (κ3) is 3.99. The molecule has 1 N–H and O–H groups in total. The van der Waals surface area contributed by atoms with Crippen LogP contribution in [0.25, 0.3) is 10.9 Å². The Morgan fingerprint density at radius 3 is 2.52 bits per heavy atom. The number of para-hydroxylation sites is 1. The summed E-state index contributed by atoms with van der Waals surface area (Å²) in [6, 6.07) is 9.29. The average Bonchev–Trinajstić information content (AvgIpc) is 3.00. The van der Waals surface area contributed by atoms with Crippen LogP contribution in [0, 0.1) is 0 Å². The van der Waals surface area contributed by atoms with Crippen LogP contribution in [0.3, 0.4) is 0 Å².